The van der Waals surface area contributed by atoms with Crippen molar-refractivity contribution >= 4 is 51.9 Å². The van der Waals surface area contributed by atoms with Crippen molar-refractivity contribution in [3.8, 4) is 11.5 Å². The predicted molar refractivity (Wildman–Crippen MR) is 133 cm³/mol. The zero-order chi connectivity index (χ0) is 23.4. The molecule has 2 aromatic carbocycles. The molecule has 0 saturated carbocycles. The third-order valence-corrected chi connectivity index (χ3v) is 6.31. The number of nitrogens with zero attached hydrogens (tertiary/aromatic N) is 1. The second-order valence-electron chi connectivity index (χ2n) is 7.69. The molecule has 168 valence electrons. The average Bonchev–Trinajstić information content (AvgIpc) is 3.02. The van der Waals surface area contributed by atoms with Crippen LogP contribution < -0.4 is 14.8 Å². The highest BCUT2D eigenvalue weighted by Crippen LogP contribution is 2.35. The van der Waals surface area contributed by atoms with Gasteiger partial charge in [-0.25, -0.2) is 0 Å². The molecule has 8 heteroatoms. The van der Waals surface area contributed by atoms with Crippen LogP contribution in [0, 0.1) is 13.8 Å². The molecule has 2 aromatic rings. The summed E-state index contributed by atoms with van der Waals surface area (Å²) in [6.07, 6.45) is 1.78. The van der Waals surface area contributed by atoms with E-state index >= 15 is 0 Å². The Kier molecular flexibility index (Phi) is 7.58. The topological polar surface area (TPSA) is 67.9 Å². The number of hydrogen-bond donors (Lipinski definition) is 1. The Bertz CT molecular complexity index is 1100. The van der Waals surface area contributed by atoms with Crippen LogP contribution >= 0.6 is 24.0 Å². The molecule has 0 unspecified atom stereocenters. The van der Waals surface area contributed by atoms with Crippen LogP contribution in [0.3, 0.4) is 0 Å². The van der Waals surface area contributed by atoms with E-state index in [0.29, 0.717) is 20.7 Å². The van der Waals surface area contributed by atoms with E-state index in [9.17, 15) is 9.59 Å². The number of thiocarbonyl (C=S) groups is 1. The van der Waals surface area contributed by atoms with Gasteiger partial charge in [0.2, 0.25) is 0 Å². The lowest BCUT2D eigenvalue weighted by molar-refractivity contribution is -0.123. The van der Waals surface area contributed by atoms with Gasteiger partial charge in [-0.3, -0.25) is 14.5 Å². The van der Waals surface area contributed by atoms with Crippen molar-refractivity contribution in [2.24, 2.45) is 0 Å². The molecule has 1 saturated heterocycles. The van der Waals surface area contributed by atoms with Gasteiger partial charge in [0.15, 0.2) is 18.1 Å². The van der Waals surface area contributed by atoms with Crippen molar-refractivity contribution in [1.29, 1.82) is 0 Å². The molecule has 0 bridgehead atoms. The fraction of sp³-hybridized carbons (Fsp3) is 0.292. The molecular formula is C24H26N2O4S2. The van der Waals surface area contributed by atoms with Gasteiger partial charge in [0.25, 0.3) is 11.8 Å². The van der Waals surface area contributed by atoms with Crippen LogP contribution in [0.25, 0.3) is 6.08 Å². The maximum atomic E-state index is 12.6. The van der Waals surface area contributed by atoms with E-state index in [4.69, 9.17) is 21.7 Å². The number of carbonyl (C=O) groups excluding carboxylic acids is 2. The monoisotopic (exact) mass is 470 g/mol. The number of thioether (sulfide) groups is 1. The maximum Gasteiger partial charge on any atom is 0.266 e. The number of carbonyl (C=O) groups is 2. The van der Waals surface area contributed by atoms with Gasteiger partial charge in [-0.05, 0) is 74.7 Å². The van der Waals surface area contributed by atoms with Gasteiger partial charge in [-0.2, -0.15) is 0 Å². The summed E-state index contributed by atoms with van der Waals surface area (Å²) >= 11 is 6.60. The van der Waals surface area contributed by atoms with Crippen LogP contribution in [0.5, 0.6) is 11.5 Å². The summed E-state index contributed by atoms with van der Waals surface area (Å²) in [4.78, 5) is 27.1. The lowest BCUT2D eigenvalue weighted by Crippen LogP contribution is -2.34. The van der Waals surface area contributed by atoms with E-state index in [0.717, 1.165) is 22.4 Å². The average molecular weight is 471 g/mol. The molecule has 1 N–H and O–H groups in total. The van der Waals surface area contributed by atoms with Crippen molar-refractivity contribution in [2.75, 3.05) is 19.0 Å². The Morgan fingerprint density at radius 2 is 1.91 bits per heavy atom. The molecular weight excluding hydrogens is 444 g/mol. The van der Waals surface area contributed by atoms with Gasteiger partial charge in [-0.1, -0.05) is 36.1 Å². The quantitative estimate of drug-likeness (QED) is 0.457. The number of ether oxygens (including phenoxy) is 2. The van der Waals surface area contributed by atoms with Crippen LogP contribution in [0.15, 0.2) is 41.3 Å². The largest absolute Gasteiger partial charge is 0.493 e. The fourth-order valence-corrected chi connectivity index (χ4v) is 4.65. The SMILES string of the molecule is COc1cc(/C=C2\SC(=S)N(C(C)C)C2=O)ccc1OCC(=O)Nc1ccc(C)c(C)c1. The zero-order valence-corrected chi connectivity index (χ0v) is 20.4. The van der Waals surface area contributed by atoms with E-state index in [1.165, 1.54) is 18.9 Å². The van der Waals surface area contributed by atoms with E-state index in [-0.39, 0.29) is 24.5 Å². The van der Waals surface area contributed by atoms with Crippen molar-refractivity contribution in [2.45, 2.75) is 33.7 Å². The molecule has 1 aliphatic heterocycles. The first-order valence-electron chi connectivity index (χ1n) is 10.1. The molecule has 32 heavy (non-hydrogen) atoms. The highest BCUT2D eigenvalue weighted by atomic mass is 32.2. The molecule has 1 fully saturated rings. The third kappa shape index (κ3) is 5.49. The fourth-order valence-electron chi connectivity index (χ4n) is 3.13. The number of hydrogen-bond acceptors (Lipinski definition) is 6. The Hall–Kier alpha value is -2.84. The number of aryl methyl sites for hydroxylation is 2. The first-order valence-corrected chi connectivity index (χ1v) is 11.4. The molecule has 0 atom stereocenters. The van der Waals surface area contributed by atoms with Crippen molar-refractivity contribution in [3.05, 3.63) is 58.0 Å². The predicted octanol–water partition coefficient (Wildman–Crippen LogP) is 4.94. The lowest BCUT2D eigenvalue weighted by atomic mass is 10.1. The van der Waals surface area contributed by atoms with Crippen LogP contribution in [0.2, 0.25) is 0 Å². The lowest BCUT2D eigenvalue weighted by Gasteiger charge is -2.18. The molecule has 6 nitrogen and oxygen atoms in total. The zero-order valence-electron chi connectivity index (χ0n) is 18.7. The van der Waals surface area contributed by atoms with Crippen molar-refractivity contribution < 1.29 is 19.1 Å². The van der Waals surface area contributed by atoms with Crippen molar-refractivity contribution in [1.82, 2.24) is 4.90 Å². The minimum Gasteiger partial charge on any atom is -0.493 e. The first kappa shape index (κ1) is 23.8. The van der Waals surface area contributed by atoms with E-state index < -0.39 is 0 Å². The number of benzene rings is 2. The molecule has 0 spiro atoms. The van der Waals surface area contributed by atoms with Gasteiger partial charge in [0.05, 0.1) is 12.0 Å². The number of rotatable bonds is 7. The Balaban J connectivity index is 1.68. The smallest absolute Gasteiger partial charge is 0.266 e. The van der Waals surface area contributed by atoms with Crippen molar-refractivity contribution in [3.63, 3.8) is 0 Å². The molecule has 0 radical (unpaired) electrons. The van der Waals surface area contributed by atoms with E-state index in [2.05, 4.69) is 5.32 Å². The third-order valence-electron chi connectivity index (χ3n) is 4.97. The number of nitrogens with one attached hydrogen (secondary N) is 1. The second kappa shape index (κ2) is 10.2. The summed E-state index contributed by atoms with van der Waals surface area (Å²) < 4.78 is 11.6. The summed E-state index contributed by atoms with van der Waals surface area (Å²) in [5.41, 5.74) is 3.77. The molecule has 2 amide bonds. The molecule has 1 heterocycles. The van der Waals surface area contributed by atoms with Gasteiger partial charge >= 0.3 is 0 Å². The Labute approximate surface area is 198 Å². The summed E-state index contributed by atoms with van der Waals surface area (Å²) in [6, 6.07) is 11.0. The standard InChI is InChI=1S/C24H26N2O4S2/c1-14(2)26-23(28)21(32-24(26)31)12-17-7-9-19(20(11-17)29-5)30-13-22(27)25-18-8-6-15(3)16(4)10-18/h6-12,14H,13H2,1-5H3,(H,25,27)/b21-12-. The van der Waals surface area contributed by atoms with E-state index in [1.54, 1.807) is 29.2 Å². The molecule has 3 rings (SSSR count). The van der Waals surface area contributed by atoms with Crippen LogP contribution in [0.1, 0.15) is 30.5 Å². The minimum absolute atomic E-state index is 0.00804. The summed E-state index contributed by atoms with van der Waals surface area (Å²) in [6.45, 7) is 7.72. The number of methoxy groups -OCH3 is 1. The van der Waals surface area contributed by atoms with Crippen LogP contribution in [-0.2, 0) is 9.59 Å². The number of amides is 2. The second-order valence-corrected chi connectivity index (χ2v) is 9.37. The van der Waals surface area contributed by atoms with Gasteiger partial charge in [0, 0.05) is 11.7 Å². The summed E-state index contributed by atoms with van der Waals surface area (Å²) in [7, 11) is 1.53. The highest BCUT2D eigenvalue weighted by molar-refractivity contribution is 8.26. The Morgan fingerprint density at radius 1 is 1.16 bits per heavy atom. The summed E-state index contributed by atoms with van der Waals surface area (Å²) in [5.74, 6) is 0.542. The van der Waals surface area contributed by atoms with Crippen LogP contribution in [0.4, 0.5) is 5.69 Å². The maximum absolute atomic E-state index is 12.6. The molecule has 1 aliphatic rings. The Morgan fingerprint density at radius 3 is 2.53 bits per heavy atom. The van der Waals surface area contributed by atoms with Crippen LogP contribution in [-0.4, -0.2) is 40.8 Å². The van der Waals surface area contributed by atoms with Gasteiger partial charge < -0.3 is 14.8 Å². The van der Waals surface area contributed by atoms with Gasteiger partial charge in [-0.15, -0.1) is 0 Å². The molecule has 0 aliphatic carbocycles. The van der Waals surface area contributed by atoms with E-state index in [1.807, 2.05) is 45.9 Å². The highest BCUT2D eigenvalue weighted by Gasteiger charge is 2.33. The normalized spacial score (nSPS) is 14.9. The first-order chi connectivity index (χ1) is 15.2. The number of anilines is 1. The molecule has 0 aromatic heterocycles. The van der Waals surface area contributed by atoms with Gasteiger partial charge in [0.1, 0.15) is 4.32 Å². The minimum atomic E-state index is -0.267. The summed E-state index contributed by atoms with van der Waals surface area (Å²) in [5, 5.41) is 2.83.